The molecule has 0 unspecified atom stereocenters. The number of benzene rings is 2. The van der Waals surface area contributed by atoms with Gasteiger partial charge in [0.2, 0.25) is 0 Å². The molecule has 37 heavy (non-hydrogen) atoms. The normalized spacial score (nSPS) is 16.6. The lowest BCUT2D eigenvalue weighted by atomic mass is 10.0. The van der Waals surface area contributed by atoms with Crippen molar-refractivity contribution in [3.05, 3.63) is 66.2 Å². The number of ether oxygens (including phenoxy) is 3. The van der Waals surface area contributed by atoms with Crippen LogP contribution in [0.1, 0.15) is 12.0 Å². The highest BCUT2D eigenvalue weighted by Crippen LogP contribution is 2.30. The van der Waals surface area contributed by atoms with Crippen LogP contribution < -0.4 is 30.7 Å². The largest absolute Gasteiger partial charge is 0.492 e. The van der Waals surface area contributed by atoms with Crippen LogP contribution in [0.3, 0.4) is 0 Å². The van der Waals surface area contributed by atoms with Gasteiger partial charge >= 0.3 is 6.09 Å². The van der Waals surface area contributed by atoms with E-state index in [2.05, 4.69) is 39.9 Å². The van der Waals surface area contributed by atoms with Gasteiger partial charge in [-0.3, -0.25) is 9.69 Å². The van der Waals surface area contributed by atoms with Gasteiger partial charge in [-0.25, -0.2) is 9.78 Å². The fraction of sp³-hybridized carbons (Fsp3) is 0.296. The summed E-state index contributed by atoms with van der Waals surface area (Å²) in [7, 11) is 0. The number of cyclic esters (lactones) is 1. The van der Waals surface area contributed by atoms with Crippen molar-refractivity contribution >= 4 is 23.6 Å². The number of hydrogen-bond donors (Lipinski definition) is 3. The molecular formula is C27H29N5O5. The first-order chi connectivity index (χ1) is 18.1. The van der Waals surface area contributed by atoms with Crippen LogP contribution in [0, 0.1) is 0 Å². The summed E-state index contributed by atoms with van der Waals surface area (Å²) in [6, 6.07) is 19.7. The van der Waals surface area contributed by atoms with Crippen molar-refractivity contribution < 1.29 is 23.8 Å². The molecule has 2 aliphatic heterocycles. The van der Waals surface area contributed by atoms with Gasteiger partial charge in [-0.15, -0.1) is 0 Å². The van der Waals surface area contributed by atoms with E-state index in [1.807, 2.05) is 24.3 Å². The molecule has 0 radical (unpaired) electrons. The lowest BCUT2D eigenvalue weighted by Gasteiger charge is -2.19. The van der Waals surface area contributed by atoms with Crippen molar-refractivity contribution in [2.75, 3.05) is 43.1 Å². The smallest absolute Gasteiger partial charge is 0.415 e. The summed E-state index contributed by atoms with van der Waals surface area (Å²) in [6.45, 7) is 2.67. The molecule has 192 valence electrons. The quantitative estimate of drug-likeness (QED) is 0.361. The number of hydrogen-bond acceptors (Lipinski definition) is 8. The van der Waals surface area contributed by atoms with Crippen LogP contribution in [-0.2, 0) is 16.1 Å². The summed E-state index contributed by atoms with van der Waals surface area (Å²) in [5.74, 6) is 1.73. The molecule has 2 aromatic carbocycles. The van der Waals surface area contributed by atoms with Gasteiger partial charge in [0.25, 0.3) is 5.91 Å². The number of nitrogens with two attached hydrogens (primary N) is 1. The molecule has 0 aliphatic carbocycles. The summed E-state index contributed by atoms with van der Waals surface area (Å²) in [5.41, 5.74) is 8.87. The molecule has 3 heterocycles. The van der Waals surface area contributed by atoms with Gasteiger partial charge in [-0.05, 0) is 60.0 Å². The molecule has 2 aliphatic rings. The first-order valence-corrected chi connectivity index (χ1v) is 12.2. The zero-order valence-corrected chi connectivity index (χ0v) is 20.3. The van der Waals surface area contributed by atoms with Crippen LogP contribution in [-0.4, -0.2) is 55.9 Å². The van der Waals surface area contributed by atoms with Crippen molar-refractivity contribution in [1.29, 1.82) is 0 Å². The second-order valence-corrected chi connectivity index (χ2v) is 8.80. The third-order valence-corrected chi connectivity index (χ3v) is 6.06. The maximum atomic E-state index is 12.4. The van der Waals surface area contributed by atoms with E-state index in [1.54, 1.807) is 12.1 Å². The minimum atomic E-state index is -0.453. The summed E-state index contributed by atoms with van der Waals surface area (Å²) >= 11 is 0. The Morgan fingerprint density at radius 1 is 1.11 bits per heavy atom. The predicted molar refractivity (Wildman–Crippen MR) is 139 cm³/mol. The highest BCUT2D eigenvalue weighted by molar-refractivity contribution is 5.95. The fourth-order valence-electron chi connectivity index (χ4n) is 4.26. The Hall–Kier alpha value is -4.15. The van der Waals surface area contributed by atoms with Crippen molar-refractivity contribution in [3.8, 4) is 22.6 Å². The zero-order chi connectivity index (χ0) is 25.6. The number of aromatic nitrogens is 1. The first kappa shape index (κ1) is 24.5. The number of pyridine rings is 1. The van der Waals surface area contributed by atoms with Gasteiger partial charge in [0, 0.05) is 13.1 Å². The van der Waals surface area contributed by atoms with Crippen molar-refractivity contribution in [2.24, 2.45) is 5.73 Å². The Kier molecular flexibility index (Phi) is 7.48. The van der Waals surface area contributed by atoms with Gasteiger partial charge in [-0.1, -0.05) is 30.3 Å². The minimum absolute atomic E-state index is 0.0451. The SMILES string of the molecule is NCCOc1cccc(-c2cccc(CNCC[C@H]3CN(c4ccc5c(n4)NC(=O)CO5)C(=O)O3)c2)c1. The standard InChI is InChI=1S/C27H29N5O5/c28-10-12-35-21-6-2-5-20(14-21)19-4-1-3-18(13-19)15-29-11-9-22-16-32(27(34)37-22)24-8-7-23-26(30-24)31-25(33)17-36-23/h1-8,13-14,22,29H,9-12,15-17,28H2,(H,30,31,33)/t22-/m0/s1. The molecule has 10 nitrogen and oxygen atoms in total. The van der Waals surface area contributed by atoms with Crippen LogP contribution >= 0.6 is 0 Å². The topological polar surface area (TPSA) is 128 Å². The van der Waals surface area contributed by atoms with Crippen LogP contribution in [0.15, 0.2) is 60.7 Å². The number of anilines is 2. The summed E-state index contributed by atoms with van der Waals surface area (Å²) in [6.07, 6.45) is -0.0510. The second kappa shape index (κ2) is 11.3. The molecule has 1 fully saturated rings. The lowest BCUT2D eigenvalue weighted by molar-refractivity contribution is -0.118. The van der Waals surface area contributed by atoms with E-state index in [1.165, 1.54) is 4.90 Å². The molecule has 1 saturated heterocycles. The Morgan fingerprint density at radius 3 is 2.81 bits per heavy atom. The van der Waals surface area contributed by atoms with E-state index in [0.717, 1.165) is 22.4 Å². The van der Waals surface area contributed by atoms with Crippen LogP contribution in [0.2, 0.25) is 0 Å². The Labute approximate surface area is 214 Å². The van der Waals surface area contributed by atoms with E-state index in [4.69, 9.17) is 19.9 Å². The summed E-state index contributed by atoms with van der Waals surface area (Å²) < 4.78 is 16.5. The van der Waals surface area contributed by atoms with Crippen molar-refractivity contribution in [3.63, 3.8) is 0 Å². The van der Waals surface area contributed by atoms with Gasteiger partial charge < -0.3 is 30.6 Å². The number of amides is 2. The number of nitrogens with zero attached hydrogens (tertiary/aromatic N) is 2. The van der Waals surface area contributed by atoms with E-state index in [0.29, 0.717) is 56.6 Å². The van der Waals surface area contributed by atoms with Crippen LogP contribution in [0.25, 0.3) is 11.1 Å². The van der Waals surface area contributed by atoms with E-state index >= 15 is 0 Å². The molecule has 2 amide bonds. The second-order valence-electron chi connectivity index (χ2n) is 8.80. The predicted octanol–water partition coefficient (Wildman–Crippen LogP) is 2.92. The Morgan fingerprint density at radius 2 is 1.95 bits per heavy atom. The summed E-state index contributed by atoms with van der Waals surface area (Å²) in [4.78, 5) is 29.8. The first-order valence-electron chi connectivity index (χ1n) is 12.2. The maximum absolute atomic E-state index is 12.4. The zero-order valence-electron chi connectivity index (χ0n) is 20.3. The fourth-order valence-corrected chi connectivity index (χ4v) is 4.26. The number of fused-ring (bicyclic) bond motifs is 1. The minimum Gasteiger partial charge on any atom is -0.492 e. The molecule has 1 aromatic heterocycles. The number of nitrogens with one attached hydrogen (secondary N) is 2. The number of carbonyl (C=O) groups excluding carboxylic acids is 2. The molecule has 1 atom stereocenters. The Bertz CT molecular complexity index is 1280. The van der Waals surface area contributed by atoms with Gasteiger partial charge in [0.1, 0.15) is 24.3 Å². The molecule has 4 N–H and O–H groups in total. The number of rotatable bonds is 10. The monoisotopic (exact) mass is 503 g/mol. The maximum Gasteiger partial charge on any atom is 0.415 e. The molecule has 3 aromatic rings. The summed E-state index contributed by atoms with van der Waals surface area (Å²) in [5, 5.41) is 6.09. The third kappa shape index (κ3) is 5.99. The van der Waals surface area contributed by atoms with Gasteiger partial charge in [-0.2, -0.15) is 0 Å². The number of carbonyl (C=O) groups is 2. The molecule has 5 rings (SSSR count). The average Bonchev–Trinajstić information content (AvgIpc) is 3.30. The van der Waals surface area contributed by atoms with Crippen molar-refractivity contribution in [1.82, 2.24) is 10.3 Å². The Balaban J connectivity index is 1.12. The molecule has 0 bridgehead atoms. The molecular weight excluding hydrogens is 474 g/mol. The van der Waals surface area contributed by atoms with Crippen LogP contribution in [0.5, 0.6) is 11.5 Å². The van der Waals surface area contributed by atoms with Crippen LogP contribution in [0.4, 0.5) is 16.4 Å². The van der Waals surface area contributed by atoms with Crippen molar-refractivity contribution in [2.45, 2.75) is 19.1 Å². The lowest BCUT2D eigenvalue weighted by Crippen LogP contribution is -2.29. The van der Waals surface area contributed by atoms with Gasteiger partial charge in [0.05, 0.1) is 6.54 Å². The van der Waals surface area contributed by atoms with E-state index in [9.17, 15) is 9.59 Å². The highest BCUT2D eigenvalue weighted by atomic mass is 16.6. The van der Waals surface area contributed by atoms with E-state index < -0.39 is 6.09 Å². The van der Waals surface area contributed by atoms with Gasteiger partial charge in [0.15, 0.2) is 18.2 Å². The van der Waals surface area contributed by atoms with E-state index in [-0.39, 0.29) is 18.6 Å². The molecule has 0 spiro atoms. The average molecular weight is 504 g/mol. The molecule has 0 saturated carbocycles. The third-order valence-electron chi connectivity index (χ3n) is 6.06. The molecule has 10 heteroatoms. The highest BCUT2D eigenvalue weighted by Gasteiger charge is 2.33.